The summed E-state index contributed by atoms with van der Waals surface area (Å²) < 4.78 is 8.05. The zero-order chi connectivity index (χ0) is 17.9. The van der Waals surface area contributed by atoms with Crippen LogP contribution in [0.1, 0.15) is 18.4 Å². The minimum Gasteiger partial charge on any atom is -0.489 e. The van der Waals surface area contributed by atoms with E-state index in [1.807, 2.05) is 36.2 Å². The van der Waals surface area contributed by atoms with Gasteiger partial charge < -0.3 is 14.2 Å². The minimum atomic E-state index is 0.154. The molecule has 4 rings (SSSR count). The third kappa shape index (κ3) is 3.43. The van der Waals surface area contributed by atoms with Crippen molar-refractivity contribution in [2.45, 2.75) is 25.4 Å². The number of piperidine rings is 1. The molecular weight excluding hydrogens is 326 g/mol. The van der Waals surface area contributed by atoms with Gasteiger partial charge in [-0.3, -0.25) is 9.78 Å². The Hall–Kier alpha value is -2.82. The number of benzene rings is 1. The molecule has 26 heavy (non-hydrogen) atoms. The van der Waals surface area contributed by atoms with E-state index in [1.54, 1.807) is 12.4 Å². The number of aromatic nitrogens is 2. The highest BCUT2D eigenvalue weighted by molar-refractivity contribution is 5.89. The third-order valence-electron chi connectivity index (χ3n) is 5.05. The highest BCUT2D eigenvalue weighted by Gasteiger charge is 2.24. The van der Waals surface area contributed by atoms with Gasteiger partial charge in [0.2, 0.25) is 5.91 Å². The molecule has 0 saturated carbocycles. The molecule has 0 bridgehead atoms. The Balaban J connectivity index is 1.36. The van der Waals surface area contributed by atoms with Gasteiger partial charge in [0.05, 0.1) is 12.6 Å². The first kappa shape index (κ1) is 16.6. The fourth-order valence-electron chi connectivity index (χ4n) is 3.67. The van der Waals surface area contributed by atoms with E-state index in [2.05, 4.69) is 27.9 Å². The second kappa shape index (κ2) is 7.20. The van der Waals surface area contributed by atoms with Gasteiger partial charge in [0.25, 0.3) is 0 Å². The number of aryl methyl sites for hydroxylation is 1. The van der Waals surface area contributed by atoms with E-state index in [0.29, 0.717) is 6.42 Å². The maximum atomic E-state index is 12.8. The van der Waals surface area contributed by atoms with E-state index >= 15 is 0 Å². The van der Waals surface area contributed by atoms with Crippen LogP contribution in [0, 0.1) is 0 Å². The molecule has 2 aromatic heterocycles. The second-order valence-corrected chi connectivity index (χ2v) is 6.85. The number of hydrogen-bond acceptors (Lipinski definition) is 3. The van der Waals surface area contributed by atoms with E-state index in [9.17, 15) is 4.79 Å². The molecule has 0 N–H and O–H groups in total. The molecule has 1 saturated heterocycles. The van der Waals surface area contributed by atoms with Crippen LogP contribution in [0.3, 0.4) is 0 Å². The predicted molar refractivity (Wildman–Crippen MR) is 101 cm³/mol. The van der Waals surface area contributed by atoms with Crippen molar-refractivity contribution in [3.8, 4) is 5.75 Å². The van der Waals surface area contributed by atoms with E-state index in [-0.39, 0.29) is 12.0 Å². The lowest BCUT2D eigenvalue weighted by molar-refractivity contribution is -0.132. The number of ether oxygens (including phenoxy) is 1. The SMILES string of the molecule is Cn1cc(CC(=O)N2CCC(Oc3cccnc3)CC2)c2ccccc21. The third-order valence-corrected chi connectivity index (χ3v) is 5.05. The van der Waals surface area contributed by atoms with Gasteiger partial charge in [-0.2, -0.15) is 0 Å². The van der Waals surface area contributed by atoms with Crippen LogP contribution in [0.15, 0.2) is 55.0 Å². The normalized spacial score (nSPS) is 15.3. The van der Waals surface area contributed by atoms with Gasteiger partial charge in [0.1, 0.15) is 11.9 Å². The van der Waals surface area contributed by atoms with Gasteiger partial charge in [-0.15, -0.1) is 0 Å². The van der Waals surface area contributed by atoms with Crippen molar-refractivity contribution in [1.29, 1.82) is 0 Å². The van der Waals surface area contributed by atoms with Crippen LogP contribution in [0.2, 0.25) is 0 Å². The number of nitrogens with zero attached hydrogens (tertiary/aromatic N) is 3. The maximum Gasteiger partial charge on any atom is 0.227 e. The van der Waals surface area contributed by atoms with E-state index in [0.717, 1.165) is 42.6 Å². The Labute approximate surface area is 153 Å². The number of pyridine rings is 1. The number of hydrogen-bond donors (Lipinski definition) is 0. The summed E-state index contributed by atoms with van der Waals surface area (Å²) in [5.41, 5.74) is 2.26. The first-order valence-electron chi connectivity index (χ1n) is 9.08. The molecule has 1 amide bonds. The molecule has 3 heterocycles. The molecule has 5 heteroatoms. The fraction of sp³-hybridized carbons (Fsp3) is 0.333. The van der Waals surface area contributed by atoms with Crippen molar-refractivity contribution < 1.29 is 9.53 Å². The number of amides is 1. The van der Waals surface area contributed by atoms with Crippen LogP contribution < -0.4 is 4.74 Å². The first-order valence-corrected chi connectivity index (χ1v) is 9.08. The quantitative estimate of drug-likeness (QED) is 0.727. The van der Waals surface area contributed by atoms with Crippen molar-refractivity contribution in [2.24, 2.45) is 7.05 Å². The maximum absolute atomic E-state index is 12.8. The molecule has 0 aliphatic carbocycles. The summed E-state index contributed by atoms with van der Waals surface area (Å²) in [7, 11) is 2.03. The summed E-state index contributed by atoms with van der Waals surface area (Å²) in [5.74, 6) is 0.995. The van der Waals surface area contributed by atoms with Crippen molar-refractivity contribution in [2.75, 3.05) is 13.1 Å². The number of fused-ring (bicyclic) bond motifs is 1. The summed E-state index contributed by atoms with van der Waals surface area (Å²) in [6.07, 6.45) is 7.86. The van der Waals surface area contributed by atoms with Crippen molar-refractivity contribution in [3.05, 3.63) is 60.6 Å². The van der Waals surface area contributed by atoms with Gasteiger partial charge in [-0.1, -0.05) is 18.2 Å². The lowest BCUT2D eigenvalue weighted by Crippen LogP contribution is -2.42. The van der Waals surface area contributed by atoms with Crippen LogP contribution in [0.5, 0.6) is 5.75 Å². The number of rotatable bonds is 4. The highest BCUT2D eigenvalue weighted by atomic mass is 16.5. The van der Waals surface area contributed by atoms with Crippen molar-refractivity contribution in [3.63, 3.8) is 0 Å². The molecule has 1 aromatic carbocycles. The Morgan fingerprint density at radius 3 is 2.77 bits per heavy atom. The van der Waals surface area contributed by atoms with Crippen LogP contribution in [-0.4, -0.2) is 39.6 Å². The Kier molecular flexibility index (Phi) is 4.61. The van der Waals surface area contributed by atoms with Crippen LogP contribution in [0.25, 0.3) is 10.9 Å². The molecule has 1 aliphatic rings. The Morgan fingerprint density at radius 1 is 1.19 bits per heavy atom. The second-order valence-electron chi connectivity index (χ2n) is 6.85. The zero-order valence-electron chi connectivity index (χ0n) is 15.0. The van der Waals surface area contributed by atoms with Crippen LogP contribution in [0.4, 0.5) is 0 Å². The largest absolute Gasteiger partial charge is 0.489 e. The summed E-state index contributed by atoms with van der Waals surface area (Å²) in [5, 5.41) is 1.16. The first-order chi connectivity index (χ1) is 12.7. The smallest absolute Gasteiger partial charge is 0.227 e. The lowest BCUT2D eigenvalue weighted by atomic mass is 10.1. The molecule has 0 unspecified atom stereocenters. The van der Waals surface area contributed by atoms with Crippen LogP contribution in [-0.2, 0) is 18.3 Å². The molecule has 0 atom stereocenters. The van der Waals surface area contributed by atoms with Crippen molar-refractivity contribution in [1.82, 2.24) is 14.5 Å². The summed E-state index contributed by atoms with van der Waals surface area (Å²) >= 11 is 0. The standard InChI is InChI=1S/C21H23N3O2/c1-23-15-16(19-6-2-3-7-20(19)23)13-21(25)24-11-8-17(9-12-24)26-18-5-4-10-22-14-18/h2-7,10,14-15,17H,8-9,11-13H2,1H3. The minimum absolute atomic E-state index is 0.154. The average molecular weight is 349 g/mol. The molecule has 0 radical (unpaired) electrons. The predicted octanol–water partition coefficient (Wildman–Crippen LogP) is 3.19. The zero-order valence-corrected chi connectivity index (χ0v) is 15.0. The lowest BCUT2D eigenvalue weighted by Gasteiger charge is -2.32. The highest BCUT2D eigenvalue weighted by Crippen LogP contribution is 2.23. The summed E-state index contributed by atoms with van der Waals surface area (Å²) in [6, 6.07) is 12.0. The number of likely N-dealkylation sites (tertiary alicyclic amines) is 1. The summed E-state index contributed by atoms with van der Waals surface area (Å²) in [6.45, 7) is 1.49. The Morgan fingerprint density at radius 2 is 2.00 bits per heavy atom. The van der Waals surface area contributed by atoms with Gasteiger partial charge in [-0.05, 0) is 23.8 Å². The molecule has 134 valence electrons. The number of carbonyl (C=O) groups excluding carboxylic acids is 1. The van der Waals surface area contributed by atoms with Crippen LogP contribution >= 0.6 is 0 Å². The van der Waals surface area contributed by atoms with E-state index in [1.165, 1.54) is 5.52 Å². The van der Waals surface area contributed by atoms with E-state index in [4.69, 9.17) is 4.74 Å². The topological polar surface area (TPSA) is 47.4 Å². The molecule has 3 aromatic rings. The van der Waals surface area contributed by atoms with E-state index < -0.39 is 0 Å². The average Bonchev–Trinajstić information content (AvgIpc) is 2.99. The number of carbonyl (C=O) groups is 1. The molecular formula is C21H23N3O2. The van der Waals surface area contributed by atoms with Gasteiger partial charge >= 0.3 is 0 Å². The Bertz CT molecular complexity index is 896. The van der Waals surface area contributed by atoms with Gasteiger partial charge in [0.15, 0.2) is 0 Å². The monoisotopic (exact) mass is 349 g/mol. The molecule has 1 fully saturated rings. The fourth-order valence-corrected chi connectivity index (χ4v) is 3.67. The van der Waals surface area contributed by atoms with Crippen molar-refractivity contribution >= 4 is 16.8 Å². The summed E-state index contributed by atoms with van der Waals surface area (Å²) in [4.78, 5) is 18.8. The van der Waals surface area contributed by atoms with Gasteiger partial charge in [0, 0.05) is 56.3 Å². The molecule has 5 nitrogen and oxygen atoms in total. The molecule has 0 spiro atoms. The number of para-hydroxylation sites is 1. The molecule has 1 aliphatic heterocycles. The van der Waals surface area contributed by atoms with Gasteiger partial charge in [-0.25, -0.2) is 0 Å².